The van der Waals surface area contributed by atoms with Crippen LogP contribution in [0.2, 0.25) is 0 Å². The van der Waals surface area contributed by atoms with E-state index in [4.69, 9.17) is 9.47 Å². The van der Waals surface area contributed by atoms with Gasteiger partial charge >= 0.3 is 0 Å². The van der Waals surface area contributed by atoms with Gasteiger partial charge in [0.05, 0.1) is 24.6 Å². The van der Waals surface area contributed by atoms with Crippen molar-refractivity contribution in [1.82, 2.24) is 10.2 Å². The van der Waals surface area contributed by atoms with Crippen molar-refractivity contribution in [3.05, 3.63) is 65.2 Å². The standard InChI is InChI=1S/C33H45N3O4.C2H6.2H2/c1-5-26-12-9-10-23(2)31(26)35-32(37)27-19-28(21-34-20-27)33(38)36(29-13-14-29)22-25-16-24(17-30(18-25)40-4)11-7-6-8-15-39-3;1-2;;/h5,9-10,12,16-18,27-29,34H,1,6-8,11,13-15,19-22H2,2-4H3,(H,35,37);1-2H3;2*1H/t27-,28+;;;/m0.../s1. The molecule has 1 aliphatic heterocycles. The van der Waals surface area contributed by atoms with Crippen LogP contribution >= 0.6 is 0 Å². The fourth-order valence-electron chi connectivity index (χ4n) is 5.63. The molecule has 0 aromatic heterocycles. The first-order valence-corrected chi connectivity index (χ1v) is 15.6. The second-order valence-corrected chi connectivity index (χ2v) is 11.2. The Labute approximate surface area is 256 Å². The molecule has 2 fully saturated rings. The van der Waals surface area contributed by atoms with E-state index in [0.717, 1.165) is 73.3 Å². The maximum Gasteiger partial charge on any atom is 0.228 e. The zero-order valence-electron chi connectivity index (χ0n) is 26.3. The maximum atomic E-state index is 13.9. The molecule has 1 saturated heterocycles. The number of hydrogen-bond donors (Lipinski definition) is 2. The predicted molar refractivity (Wildman–Crippen MR) is 176 cm³/mol. The summed E-state index contributed by atoms with van der Waals surface area (Å²) in [4.78, 5) is 29.2. The van der Waals surface area contributed by atoms with Crippen LogP contribution in [-0.2, 0) is 27.3 Å². The van der Waals surface area contributed by atoms with Crippen LogP contribution in [-0.4, -0.2) is 56.7 Å². The fourth-order valence-corrected chi connectivity index (χ4v) is 5.63. The van der Waals surface area contributed by atoms with E-state index in [-0.39, 0.29) is 32.5 Å². The lowest BCUT2D eigenvalue weighted by Crippen LogP contribution is -2.48. The van der Waals surface area contributed by atoms with Gasteiger partial charge in [0, 0.05) is 42.2 Å². The van der Waals surface area contributed by atoms with Crippen LogP contribution in [0.25, 0.3) is 6.08 Å². The summed E-state index contributed by atoms with van der Waals surface area (Å²) < 4.78 is 10.8. The summed E-state index contributed by atoms with van der Waals surface area (Å²) in [5.41, 5.74) is 5.03. The van der Waals surface area contributed by atoms with Crippen molar-refractivity contribution < 1.29 is 21.9 Å². The normalized spacial score (nSPS) is 17.9. The van der Waals surface area contributed by atoms with E-state index in [1.807, 2.05) is 49.9 Å². The zero-order chi connectivity index (χ0) is 30.5. The van der Waals surface area contributed by atoms with Crippen LogP contribution < -0.4 is 15.4 Å². The molecule has 4 rings (SSSR count). The third-order valence-electron chi connectivity index (χ3n) is 8.04. The van der Waals surface area contributed by atoms with E-state index >= 15 is 0 Å². The minimum absolute atomic E-state index is 0. The summed E-state index contributed by atoms with van der Waals surface area (Å²) in [5.74, 6) is 0.412. The third kappa shape index (κ3) is 9.43. The molecule has 2 atom stereocenters. The number of unbranched alkanes of at least 4 members (excludes halogenated alkanes) is 2. The van der Waals surface area contributed by atoms with Crippen molar-refractivity contribution in [3.8, 4) is 5.75 Å². The lowest BCUT2D eigenvalue weighted by molar-refractivity contribution is -0.138. The van der Waals surface area contributed by atoms with Gasteiger partial charge in [0.15, 0.2) is 0 Å². The molecule has 1 aliphatic carbocycles. The molecule has 2 aliphatic rings. The van der Waals surface area contributed by atoms with Crippen LogP contribution in [0.15, 0.2) is 43.0 Å². The number of carbonyl (C=O) groups excluding carboxylic acids is 2. The van der Waals surface area contributed by atoms with Crippen LogP contribution in [0.1, 0.15) is 77.5 Å². The minimum Gasteiger partial charge on any atom is -0.497 e. The Morgan fingerprint density at radius 2 is 1.81 bits per heavy atom. The van der Waals surface area contributed by atoms with Crippen molar-refractivity contribution in [3.63, 3.8) is 0 Å². The average Bonchev–Trinajstić information content (AvgIpc) is 3.87. The Kier molecular flexibility index (Phi) is 13.6. The quantitative estimate of drug-likeness (QED) is 0.238. The highest BCUT2D eigenvalue weighted by atomic mass is 16.5. The SMILES string of the molecule is C=Cc1cccc(C)c1NC(=O)[C@@H]1CNC[C@H](C(=O)N(Cc2cc(CCCCCOC)cc(OC)c2)C2CC2)C1.CC.[HH].[HH]. The monoisotopic (exact) mass is 581 g/mol. The van der Waals surface area contributed by atoms with Gasteiger partial charge in [0.25, 0.3) is 0 Å². The van der Waals surface area contributed by atoms with Gasteiger partial charge in [-0.15, -0.1) is 0 Å². The number of methoxy groups -OCH3 is 2. The molecule has 2 aromatic carbocycles. The van der Waals surface area contributed by atoms with Gasteiger partial charge < -0.3 is 25.0 Å². The topological polar surface area (TPSA) is 79.9 Å². The van der Waals surface area contributed by atoms with E-state index in [9.17, 15) is 9.59 Å². The largest absolute Gasteiger partial charge is 0.497 e. The van der Waals surface area contributed by atoms with E-state index in [0.29, 0.717) is 26.1 Å². The second-order valence-electron chi connectivity index (χ2n) is 11.2. The smallest absolute Gasteiger partial charge is 0.228 e. The highest BCUT2D eigenvalue weighted by molar-refractivity contribution is 5.96. The highest BCUT2D eigenvalue weighted by Gasteiger charge is 2.39. The number of nitrogens with one attached hydrogen (secondary N) is 2. The zero-order valence-corrected chi connectivity index (χ0v) is 26.3. The van der Waals surface area contributed by atoms with Gasteiger partial charge in [0.2, 0.25) is 11.8 Å². The van der Waals surface area contributed by atoms with Crippen molar-refractivity contribution in [2.45, 2.75) is 78.3 Å². The minimum atomic E-state index is -0.275. The van der Waals surface area contributed by atoms with Crippen molar-refractivity contribution in [1.29, 1.82) is 0 Å². The molecule has 1 heterocycles. The van der Waals surface area contributed by atoms with E-state index < -0.39 is 0 Å². The van der Waals surface area contributed by atoms with Crippen LogP contribution in [0.4, 0.5) is 5.69 Å². The Hall–Kier alpha value is -3.16. The van der Waals surface area contributed by atoms with Gasteiger partial charge in [-0.3, -0.25) is 9.59 Å². The number of amides is 2. The first-order chi connectivity index (χ1) is 20.4. The molecule has 234 valence electrons. The molecule has 2 aromatic rings. The number of para-hydroxylation sites is 1. The van der Waals surface area contributed by atoms with E-state index in [1.165, 1.54) is 5.56 Å². The number of carbonyl (C=O) groups is 2. The number of nitrogens with zero attached hydrogens (tertiary/aromatic N) is 1. The maximum absolute atomic E-state index is 13.9. The van der Waals surface area contributed by atoms with Crippen LogP contribution in [0.5, 0.6) is 5.75 Å². The van der Waals surface area contributed by atoms with Gasteiger partial charge in [0.1, 0.15) is 5.75 Å². The van der Waals surface area contributed by atoms with Gasteiger partial charge in [-0.05, 0) is 79.8 Å². The summed E-state index contributed by atoms with van der Waals surface area (Å²) in [6.07, 6.45) is 8.61. The van der Waals surface area contributed by atoms with Crippen molar-refractivity contribution in [2.75, 3.05) is 39.2 Å². The molecule has 0 spiro atoms. The lowest BCUT2D eigenvalue weighted by atomic mass is 9.88. The Bertz CT molecular complexity index is 1190. The van der Waals surface area contributed by atoms with Crippen molar-refractivity contribution >= 4 is 23.6 Å². The first-order valence-electron chi connectivity index (χ1n) is 15.6. The number of benzene rings is 2. The number of ether oxygens (including phenoxy) is 2. The van der Waals surface area contributed by atoms with Crippen molar-refractivity contribution in [2.24, 2.45) is 11.8 Å². The van der Waals surface area contributed by atoms with E-state index in [2.05, 4.69) is 29.3 Å². The van der Waals surface area contributed by atoms with Gasteiger partial charge in [-0.2, -0.15) is 0 Å². The highest BCUT2D eigenvalue weighted by Crippen LogP contribution is 2.33. The Balaban J connectivity index is 0.00000237. The number of aryl methyl sites for hydroxylation is 2. The first kappa shape index (κ1) is 33.3. The molecule has 2 amide bonds. The number of rotatable bonds is 14. The molecule has 2 N–H and O–H groups in total. The molecule has 0 radical (unpaired) electrons. The second kappa shape index (κ2) is 17.1. The lowest BCUT2D eigenvalue weighted by Gasteiger charge is -2.33. The molecule has 1 saturated carbocycles. The number of piperidine rings is 1. The van der Waals surface area contributed by atoms with E-state index in [1.54, 1.807) is 20.3 Å². The third-order valence-corrected chi connectivity index (χ3v) is 8.04. The number of hydrogen-bond acceptors (Lipinski definition) is 5. The Morgan fingerprint density at radius 3 is 2.50 bits per heavy atom. The molecule has 7 heteroatoms. The summed E-state index contributed by atoms with van der Waals surface area (Å²) in [5, 5.41) is 6.48. The number of anilines is 1. The van der Waals surface area contributed by atoms with Crippen LogP contribution in [0.3, 0.4) is 0 Å². The predicted octanol–water partition coefficient (Wildman–Crippen LogP) is 6.88. The molecular weight excluding hydrogens is 526 g/mol. The molecule has 7 nitrogen and oxygen atoms in total. The summed E-state index contributed by atoms with van der Waals surface area (Å²) in [7, 11) is 3.43. The molecule has 42 heavy (non-hydrogen) atoms. The van der Waals surface area contributed by atoms with Crippen LogP contribution in [0, 0.1) is 18.8 Å². The molecule has 0 unspecified atom stereocenters. The average molecular weight is 582 g/mol. The molecular formula is C35H55N3O4. The fraction of sp³-hybridized carbons (Fsp3) is 0.543. The Morgan fingerprint density at radius 1 is 1.07 bits per heavy atom. The summed E-state index contributed by atoms with van der Waals surface area (Å²) in [6.45, 7) is 12.4. The van der Waals surface area contributed by atoms with Gasteiger partial charge in [-0.1, -0.05) is 57.2 Å². The molecule has 0 bridgehead atoms. The summed E-state index contributed by atoms with van der Waals surface area (Å²) >= 11 is 0. The summed E-state index contributed by atoms with van der Waals surface area (Å²) in [6, 6.07) is 12.5. The van der Waals surface area contributed by atoms with Gasteiger partial charge in [-0.25, -0.2) is 0 Å².